The van der Waals surface area contributed by atoms with Gasteiger partial charge in [-0.25, -0.2) is 0 Å². The molecule has 124 valence electrons. The van der Waals surface area contributed by atoms with E-state index in [1.165, 1.54) is 0 Å². The lowest BCUT2D eigenvalue weighted by atomic mass is 9.91. The van der Waals surface area contributed by atoms with Gasteiger partial charge in [0.1, 0.15) is 0 Å². The fraction of sp³-hybridized carbons (Fsp3) is 0.875. The third-order valence-corrected chi connectivity index (χ3v) is 3.32. The Morgan fingerprint density at radius 1 is 0.905 bits per heavy atom. The zero-order chi connectivity index (χ0) is 16.1. The second-order valence-electron chi connectivity index (χ2n) is 5.80. The molecule has 0 aromatic heterocycles. The maximum atomic E-state index is 11.5. The molecule has 0 saturated carbocycles. The first-order chi connectivity index (χ1) is 9.91. The smallest absolute Gasteiger partial charge is 0.305 e. The van der Waals surface area contributed by atoms with Crippen LogP contribution in [0.25, 0.3) is 0 Å². The highest BCUT2D eigenvalue weighted by atomic mass is 16.5. The molecule has 0 saturated heterocycles. The summed E-state index contributed by atoms with van der Waals surface area (Å²) in [6.07, 6.45) is 5.39. The van der Waals surface area contributed by atoms with Crippen LogP contribution in [0.15, 0.2) is 0 Å². The number of hydrogen-bond acceptors (Lipinski definition) is 5. The van der Waals surface area contributed by atoms with Crippen LogP contribution >= 0.6 is 0 Å². The number of carbonyl (C=O) groups excluding carboxylic acids is 2. The summed E-state index contributed by atoms with van der Waals surface area (Å²) in [5.41, 5.74) is 5.56. The topological polar surface area (TPSA) is 78.6 Å². The van der Waals surface area contributed by atoms with Crippen LogP contribution in [-0.2, 0) is 19.1 Å². The zero-order valence-electron chi connectivity index (χ0n) is 13.8. The number of hydrogen-bond donors (Lipinski definition) is 1. The number of ether oxygens (including phenoxy) is 2. The van der Waals surface area contributed by atoms with E-state index in [1.54, 1.807) is 0 Å². The Morgan fingerprint density at radius 3 is 1.62 bits per heavy atom. The summed E-state index contributed by atoms with van der Waals surface area (Å²) in [4.78, 5) is 23.0. The van der Waals surface area contributed by atoms with Crippen LogP contribution in [0.5, 0.6) is 0 Å². The van der Waals surface area contributed by atoms with Crippen molar-refractivity contribution in [1.29, 1.82) is 0 Å². The van der Waals surface area contributed by atoms with Gasteiger partial charge < -0.3 is 15.2 Å². The van der Waals surface area contributed by atoms with Crippen molar-refractivity contribution in [1.82, 2.24) is 0 Å². The summed E-state index contributed by atoms with van der Waals surface area (Å²) < 4.78 is 10.2. The highest BCUT2D eigenvalue weighted by Gasteiger charge is 2.22. The summed E-state index contributed by atoms with van der Waals surface area (Å²) in [6.45, 7) is 6.89. The van der Waals surface area contributed by atoms with Gasteiger partial charge in [-0.1, -0.05) is 26.7 Å². The van der Waals surface area contributed by atoms with Crippen LogP contribution in [0.3, 0.4) is 0 Å². The van der Waals surface area contributed by atoms with Crippen LogP contribution in [0.2, 0.25) is 0 Å². The SMILES string of the molecule is CCCCOC(=O)CCC(C)(N)CCC(=O)OCCCC. The molecule has 0 aromatic rings. The summed E-state index contributed by atoms with van der Waals surface area (Å²) in [5.74, 6) is -0.434. The standard InChI is InChI=1S/C16H31NO4/c1-4-6-12-20-14(18)8-10-16(3,17)11-9-15(19)21-13-7-5-2/h4-13,17H2,1-3H3. The Labute approximate surface area is 128 Å². The quantitative estimate of drug-likeness (QED) is 0.443. The van der Waals surface area contributed by atoms with Gasteiger partial charge in [-0.3, -0.25) is 9.59 Å². The number of carbonyl (C=O) groups is 2. The first kappa shape index (κ1) is 19.9. The molecule has 21 heavy (non-hydrogen) atoms. The monoisotopic (exact) mass is 301 g/mol. The lowest BCUT2D eigenvalue weighted by Crippen LogP contribution is -2.37. The molecule has 5 heteroatoms. The number of unbranched alkanes of at least 4 members (excludes halogenated alkanes) is 2. The average molecular weight is 301 g/mol. The fourth-order valence-corrected chi connectivity index (χ4v) is 1.71. The van der Waals surface area contributed by atoms with E-state index in [0.29, 0.717) is 38.9 Å². The van der Waals surface area contributed by atoms with Gasteiger partial charge in [-0.2, -0.15) is 0 Å². The molecule has 0 heterocycles. The van der Waals surface area contributed by atoms with Gasteiger partial charge in [0.25, 0.3) is 0 Å². The van der Waals surface area contributed by atoms with Crippen LogP contribution in [0, 0.1) is 0 Å². The number of rotatable bonds is 12. The van der Waals surface area contributed by atoms with E-state index in [9.17, 15) is 9.59 Å². The van der Waals surface area contributed by atoms with Gasteiger partial charge in [-0.15, -0.1) is 0 Å². The summed E-state index contributed by atoms with van der Waals surface area (Å²) in [7, 11) is 0. The molecule has 2 N–H and O–H groups in total. The molecule has 0 aliphatic heterocycles. The van der Waals surface area contributed by atoms with E-state index in [-0.39, 0.29) is 11.9 Å². The minimum atomic E-state index is -0.548. The van der Waals surface area contributed by atoms with Gasteiger partial charge >= 0.3 is 11.9 Å². The van der Waals surface area contributed by atoms with Gasteiger partial charge in [-0.05, 0) is 32.6 Å². The molecule has 0 radical (unpaired) electrons. The molecule has 5 nitrogen and oxygen atoms in total. The molecule has 0 fully saturated rings. The third-order valence-electron chi connectivity index (χ3n) is 3.32. The Kier molecular flexibility index (Phi) is 10.9. The lowest BCUT2D eigenvalue weighted by molar-refractivity contribution is -0.144. The van der Waals surface area contributed by atoms with E-state index >= 15 is 0 Å². The van der Waals surface area contributed by atoms with E-state index < -0.39 is 5.54 Å². The van der Waals surface area contributed by atoms with Gasteiger partial charge in [0.2, 0.25) is 0 Å². The molecule has 0 aliphatic rings. The maximum Gasteiger partial charge on any atom is 0.305 e. The van der Waals surface area contributed by atoms with Crippen molar-refractivity contribution in [2.24, 2.45) is 5.73 Å². The van der Waals surface area contributed by atoms with Crippen LogP contribution in [0.4, 0.5) is 0 Å². The lowest BCUT2D eigenvalue weighted by Gasteiger charge is -2.23. The molecule has 0 spiro atoms. The van der Waals surface area contributed by atoms with Crippen LogP contribution in [-0.4, -0.2) is 30.7 Å². The molecular weight excluding hydrogens is 270 g/mol. The molecule has 0 rings (SSSR count). The molecule has 0 aliphatic carbocycles. The van der Waals surface area contributed by atoms with Crippen molar-refractivity contribution in [3.63, 3.8) is 0 Å². The third kappa shape index (κ3) is 12.4. The van der Waals surface area contributed by atoms with Crippen molar-refractivity contribution in [3.8, 4) is 0 Å². The van der Waals surface area contributed by atoms with Gasteiger partial charge in [0, 0.05) is 18.4 Å². The highest BCUT2D eigenvalue weighted by molar-refractivity contribution is 5.70. The minimum Gasteiger partial charge on any atom is -0.466 e. The van der Waals surface area contributed by atoms with E-state index in [2.05, 4.69) is 0 Å². The van der Waals surface area contributed by atoms with Crippen LogP contribution < -0.4 is 5.73 Å². The van der Waals surface area contributed by atoms with Crippen molar-refractivity contribution in [2.75, 3.05) is 13.2 Å². The number of nitrogens with two attached hydrogens (primary N) is 1. The fourth-order valence-electron chi connectivity index (χ4n) is 1.71. The Morgan fingerprint density at radius 2 is 1.29 bits per heavy atom. The van der Waals surface area contributed by atoms with E-state index in [1.807, 2.05) is 20.8 Å². The Bertz CT molecular complexity index is 275. The van der Waals surface area contributed by atoms with Crippen LogP contribution in [0.1, 0.15) is 72.1 Å². The molecule has 0 amide bonds. The minimum absolute atomic E-state index is 0.217. The van der Waals surface area contributed by atoms with Crippen molar-refractivity contribution >= 4 is 11.9 Å². The number of esters is 2. The second kappa shape index (κ2) is 11.5. The molecular formula is C16H31NO4. The first-order valence-electron chi connectivity index (χ1n) is 8.01. The van der Waals surface area contributed by atoms with Crippen molar-refractivity contribution in [2.45, 2.75) is 77.7 Å². The van der Waals surface area contributed by atoms with E-state index in [4.69, 9.17) is 15.2 Å². The first-order valence-corrected chi connectivity index (χ1v) is 8.01. The summed E-state index contributed by atoms with van der Waals surface area (Å²) in [5, 5.41) is 0. The predicted octanol–water partition coefficient (Wildman–Crippen LogP) is 2.95. The second-order valence-corrected chi connectivity index (χ2v) is 5.80. The summed E-state index contributed by atoms with van der Waals surface area (Å²) >= 11 is 0. The van der Waals surface area contributed by atoms with Gasteiger partial charge in [0.05, 0.1) is 13.2 Å². The zero-order valence-corrected chi connectivity index (χ0v) is 13.8. The largest absolute Gasteiger partial charge is 0.466 e. The molecule has 0 unspecified atom stereocenters. The highest BCUT2D eigenvalue weighted by Crippen LogP contribution is 2.17. The molecule has 0 bridgehead atoms. The normalized spacial score (nSPS) is 11.2. The van der Waals surface area contributed by atoms with E-state index in [0.717, 1.165) is 25.7 Å². The Hall–Kier alpha value is -1.10. The average Bonchev–Trinajstić information content (AvgIpc) is 2.44. The van der Waals surface area contributed by atoms with Crippen molar-refractivity contribution in [3.05, 3.63) is 0 Å². The Balaban J connectivity index is 3.81. The molecule has 0 atom stereocenters. The van der Waals surface area contributed by atoms with Crippen molar-refractivity contribution < 1.29 is 19.1 Å². The predicted molar refractivity (Wildman–Crippen MR) is 82.8 cm³/mol. The van der Waals surface area contributed by atoms with Gasteiger partial charge in [0.15, 0.2) is 0 Å². The maximum absolute atomic E-state index is 11.5. The summed E-state index contributed by atoms with van der Waals surface area (Å²) in [6, 6.07) is 0. The molecule has 0 aromatic carbocycles.